The maximum absolute atomic E-state index is 13.9. The van der Waals surface area contributed by atoms with Gasteiger partial charge in [0.25, 0.3) is 11.5 Å². The molecule has 0 radical (unpaired) electrons. The number of carbonyl (C=O) groups excluding carboxylic acids is 2. The van der Waals surface area contributed by atoms with Gasteiger partial charge >= 0.3 is 0 Å². The van der Waals surface area contributed by atoms with Crippen LogP contribution in [0, 0.1) is 12.7 Å². The molecule has 3 rings (SSSR count). The van der Waals surface area contributed by atoms with Gasteiger partial charge in [0.2, 0.25) is 11.5 Å². The van der Waals surface area contributed by atoms with Crippen LogP contribution in [0.15, 0.2) is 23.0 Å². The van der Waals surface area contributed by atoms with E-state index in [2.05, 4.69) is 10.3 Å². The number of aromatic nitrogens is 2. The topological polar surface area (TPSA) is 128 Å². The summed E-state index contributed by atoms with van der Waals surface area (Å²) in [6.07, 6.45) is 1.68. The number of hydrogen-bond donors (Lipinski definition) is 3. The van der Waals surface area contributed by atoms with E-state index >= 15 is 0 Å². The summed E-state index contributed by atoms with van der Waals surface area (Å²) in [5.41, 5.74) is 0.286. The van der Waals surface area contributed by atoms with Gasteiger partial charge in [-0.15, -0.1) is 0 Å². The number of nitrogens with one attached hydrogen (secondary N) is 1. The lowest BCUT2D eigenvalue weighted by Gasteiger charge is -2.27. The fraction of sp³-hybridized carbons (Fsp3) is 0.556. The van der Waals surface area contributed by atoms with Crippen molar-refractivity contribution in [1.29, 1.82) is 0 Å². The first kappa shape index (κ1) is 29.4. The van der Waals surface area contributed by atoms with Crippen molar-refractivity contribution in [3.8, 4) is 5.75 Å². The van der Waals surface area contributed by atoms with Crippen LogP contribution in [0.4, 0.5) is 4.39 Å². The van der Waals surface area contributed by atoms with E-state index in [1.807, 2.05) is 11.8 Å². The van der Waals surface area contributed by atoms with Crippen LogP contribution in [0.25, 0.3) is 0 Å². The lowest BCUT2D eigenvalue weighted by atomic mass is 10.0. The Balaban J connectivity index is 1.81. The van der Waals surface area contributed by atoms with Gasteiger partial charge in [0, 0.05) is 39.1 Å². The zero-order chi connectivity index (χ0) is 28.1. The number of benzene rings is 1. The number of nitrogens with zero attached hydrogens (tertiary/aromatic N) is 4. The molecule has 2 aromatic rings. The number of carbonyl (C=O) groups is 2. The molecule has 0 aliphatic carbocycles. The van der Waals surface area contributed by atoms with Gasteiger partial charge in [0.15, 0.2) is 6.23 Å². The molecule has 1 aromatic heterocycles. The summed E-state index contributed by atoms with van der Waals surface area (Å²) in [6, 6.07) is 4.46. The molecule has 0 bridgehead atoms. The van der Waals surface area contributed by atoms with Gasteiger partial charge in [-0.1, -0.05) is 12.1 Å². The van der Waals surface area contributed by atoms with Gasteiger partial charge in [-0.05, 0) is 63.8 Å². The third-order valence-corrected chi connectivity index (χ3v) is 7.15. The second-order valence-electron chi connectivity index (χ2n) is 10.3. The van der Waals surface area contributed by atoms with Gasteiger partial charge in [0.05, 0.1) is 6.54 Å². The van der Waals surface area contributed by atoms with Crippen LogP contribution in [0.1, 0.15) is 67.5 Å². The zero-order valence-corrected chi connectivity index (χ0v) is 22.7. The van der Waals surface area contributed by atoms with Crippen LogP contribution in [0.2, 0.25) is 0 Å². The van der Waals surface area contributed by atoms with E-state index in [1.165, 1.54) is 29.6 Å². The van der Waals surface area contributed by atoms with Crippen molar-refractivity contribution in [2.75, 3.05) is 27.7 Å². The second-order valence-corrected chi connectivity index (χ2v) is 10.3. The summed E-state index contributed by atoms with van der Waals surface area (Å²) in [5, 5.41) is 24.2. The molecule has 0 saturated heterocycles. The first-order valence-electron chi connectivity index (χ1n) is 12.9. The first-order chi connectivity index (χ1) is 17.9. The number of aliphatic hydroxyl groups is 1. The minimum absolute atomic E-state index is 0.0134. The molecule has 0 fully saturated rings. The fourth-order valence-corrected chi connectivity index (χ4v) is 4.80. The molecule has 10 nitrogen and oxygen atoms in total. The van der Waals surface area contributed by atoms with Gasteiger partial charge in [0.1, 0.15) is 17.3 Å². The molecule has 0 spiro atoms. The largest absolute Gasteiger partial charge is 0.502 e. The Morgan fingerprint density at radius 1 is 1.24 bits per heavy atom. The van der Waals surface area contributed by atoms with Crippen LogP contribution in [-0.4, -0.2) is 75.0 Å². The summed E-state index contributed by atoms with van der Waals surface area (Å²) in [6.45, 7) is 3.62. The van der Waals surface area contributed by atoms with E-state index in [9.17, 15) is 29.0 Å². The summed E-state index contributed by atoms with van der Waals surface area (Å²) in [4.78, 5) is 45.1. The molecule has 38 heavy (non-hydrogen) atoms. The van der Waals surface area contributed by atoms with Gasteiger partial charge in [-0.25, -0.2) is 9.37 Å². The van der Waals surface area contributed by atoms with Crippen molar-refractivity contribution in [2.24, 2.45) is 0 Å². The second kappa shape index (κ2) is 12.6. The summed E-state index contributed by atoms with van der Waals surface area (Å²) < 4.78 is 15.4. The SMILES string of the molecule is Cc1ccc(CNC(O)c2nc3n(c(=O)c2O)C(C)CCCC(N(C)CC(=O)C(=O)N(C)C)CC3)cc1F. The van der Waals surface area contributed by atoms with Crippen molar-refractivity contribution < 1.29 is 24.2 Å². The minimum atomic E-state index is -1.45. The Kier molecular flexibility index (Phi) is 9.75. The minimum Gasteiger partial charge on any atom is -0.502 e. The molecule has 3 N–H and O–H groups in total. The summed E-state index contributed by atoms with van der Waals surface area (Å²) in [5.74, 6) is -1.61. The molecule has 3 unspecified atom stereocenters. The van der Waals surface area contributed by atoms with Crippen molar-refractivity contribution in [2.45, 2.75) is 70.8 Å². The quantitative estimate of drug-likeness (QED) is 0.348. The number of aromatic hydroxyl groups is 1. The van der Waals surface area contributed by atoms with Crippen LogP contribution >= 0.6 is 0 Å². The van der Waals surface area contributed by atoms with Crippen LogP contribution < -0.4 is 10.9 Å². The van der Waals surface area contributed by atoms with Crippen molar-refractivity contribution in [3.05, 3.63) is 57.0 Å². The number of likely N-dealkylation sites (N-methyl/N-ethyl adjacent to an activating group) is 2. The van der Waals surface area contributed by atoms with E-state index in [0.29, 0.717) is 36.2 Å². The molecule has 3 atom stereocenters. The monoisotopic (exact) mass is 531 g/mol. The molecule has 2 heterocycles. The standard InChI is InChI=1S/C27H38FN5O5/c1-16-9-10-18(13-20(16)28)14-29-25(36)23-24(35)27(38)33-17(2)7-6-8-19(11-12-22(33)30-23)32(5)15-21(34)26(37)31(3)4/h9-10,13,17,19,25,29,35-36H,6-8,11-12,14-15H2,1-5H3. The molecule has 208 valence electrons. The molecule has 1 aliphatic heterocycles. The van der Waals surface area contributed by atoms with Crippen molar-refractivity contribution in [3.63, 3.8) is 0 Å². The molecule has 1 aliphatic rings. The Bertz CT molecular complexity index is 1230. The number of halogens is 1. The van der Waals surface area contributed by atoms with E-state index in [1.54, 1.807) is 26.1 Å². The smallest absolute Gasteiger partial charge is 0.296 e. The Hall–Kier alpha value is -3.15. The number of amides is 1. The summed E-state index contributed by atoms with van der Waals surface area (Å²) >= 11 is 0. The van der Waals surface area contributed by atoms with Crippen molar-refractivity contribution in [1.82, 2.24) is 24.7 Å². The van der Waals surface area contributed by atoms with Gasteiger partial charge < -0.3 is 15.1 Å². The summed E-state index contributed by atoms with van der Waals surface area (Å²) in [7, 11) is 4.88. The normalized spacial score (nSPS) is 18.7. The van der Waals surface area contributed by atoms with Crippen LogP contribution in [0.5, 0.6) is 5.75 Å². The molecule has 1 amide bonds. The highest BCUT2D eigenvalue weighted by Crippen LogP contribution is 2.26. The maximum Gasteiger partial charge on any atom is 0.296 e. The number of hydrogen-bond acceptors (Lipinski definition) is 8. The number of rotatable bonds is 8. The highest BCUT2D eigenvalue weighted by molar-refractivity contribution is 6.36. The third kappa shape index (κ3) is 6.83. The van der Waals surface area contributed by atoms with E-state index in [4.69, 9.17) is 0 Å². The van der Waals surface area contributed by atoms with Crippen LogP contribution in [0.3, 0.4) is 0 Å². The van der Waals surface area contributed by atoms with Crippen LogP contribution in [-0.2, 0) is 22.6 Å². The Morgan fingerprint density at radius 2 is 1.95 bits per heavy atom. The lowest BCUT2D eigenvalue weighted by molar-refractivity contribution is -0.143. The highest BCUT2D eigenvalue weighted by Gasteiger charge is 2.28. The van der Waals surface area contributed by atoms with Gasteiger partial charge in [-0.3, -0.25) is 29.2 Å². The maximum atomic E-state index is 13.9. The third-order valence-electron chi connectivity index (χ3n) is 7.15. The fourth-order valence-electron chi connectivity index (χ4n) is 4.80. The molecular formula is C27H38FN5O5. The Morgan fingerprint density at radius 3 is 2.61 bits per heavy atom. The molecule has 11 heteroatoms. The number of aryl methyl sites for hydroxylation is 2. The Labute approximate surface area is 222 Å². The first-order valence-corrected chi connectivity index (χ1v) is 12.9. The average Bonchev–Trinajstić information content (AvgIpc) is 2.94. The van der Waals surface area contributed by atoms with Crippen molar-refractivity contribution >= 4 is 11.7 Å². The number of aliphatic hydroxyl groups excluding tert-OH is 1. The van der Waals surface area contributed by atoms with E-state index in [-0.39, 0.29) is 36.7 Å². The lowest BCUT2D eigenvalue weighted by Crippen LogP contribution is -2.41. The predicted octanol–water partition coefficient (Wildman–Crippen LogP) is 1.81. The average molecular weight is 532 g/mol. The molecule has 0 saturated carbocycles. The molecule has 1 aromatic carbocycles. The predicted molar refractivity (Wildman–Crippen MR) is 140 cm³/mol. The number of ketones is 1. The van der Waals surface area contributed by atoms with Gasteiger partial charge in [-0.2, -0.15) is 0 Å². The van der Waals surface area contributed by atoms with E-state index in [0.717, 1.165) is 12.8 Å². The molecular weight excluding hydrogens is 493 g/mol. The number of fused-ring (bicyclic) bond motifs is 1. The zero-order valence-electron chi connectivity index (χ0n) is 22.7. The highest BCUT2D eigenvalue weighted by atomic mass is 19.1. The number of Topliss-reactive ketones (excluding diaryl/α,β-unsaturated/α-hetero) is 1. The van der Waals surface area contributed by atoms with E-state index < -0.39 is 29.2 Å².